The van der Waals surface area contributed by atoms with Crippen LogP contribution in [0.2, 0.25) is 0 Å². The SMILES string of the molecule is CCNC(=NCc1ccc(C(=O)N2CCNC(=O)C2)cc1)NCCc1ccc(F)cc1C.I. The van der Waals surface area contributed by atoms with Crippen molar-refractivity contribution in [1.82, 2.24) is 20.9 Å². The summed E-state index contributed by atoms with van der Waals surface area (Å²) in [4.78, 5) is 30.2. The number of rotatable bonds is 7. The van der Waals surface area contributed by atoms with Gasteiger partial charge in [0.05, 0.1) is 13.1 Å². The van der Waals surface area contributed by atoms with Gasteiger partial charge in [-0.2, -0.15) is 0 Å². The van der Waals surface area contributed by atoms with Crippen LogP contribution in [0, 0.1) is 12.7 Å². The summed E-state index contributed by atoms with van der Waals surface area (Å²) in [5.41, 5.74) is 3.58. The van der Waals surface area contributed by atoms with E-state index in [1.54, 1.807) is 23.1 Å². The van der Waals surface area contributed by atoms with Crippen LogP contribution in [-0.2, 0) is 17.8 Å². The second-order valence-corrected chi connectivity index (χ2v) is 7.72. The van der Waals surface area contributed by atoms with Crippen LogP contribution in [0.15, 0.2) is 47.5 Å². The molecule has 0 unspecified atom stereocenters. The second kappa shape index (κ2) is 13.1. The van der Waals surface area contributed by atoms with Crippen molar-refractivity contribution in [2.24, 2.45) is 4.99 Å². The molecule has 2 amide bonds. The van der Waals surface area contributed by atoms with Crippen molar-refractivity contribution in [3.05, 3.63) is 70.5 Å². The number of hydrogen-bond donors (Lipinski definition) is 3. The number of hydrogen-bond acceptors (Lipinski definition) is 3. The summed E-state index contributed by atoms with van der Waals surface area (Å²) >= 11 is 0. The number of halogens is 2. The van der Waals surface area contributed by atoms with Gasteiger partial charge in [0, 0.05) is 31.7 Å². The number of guanidine groups is 1. The second-order valence-electron chi connectivity index (χ2n) is 7.72. The summed E-state index contributed by atoms with van der Waals surface area (Å²) in [5, 5.41) is 9.24. The minimum absolute atomic E-state index is 0. The maximum Gasteiger partial charge on any atom is 0.254 e. The Balaban J connectivity index is 0.00000385. The predicted molar refractivity (Wildman–Crippen MR) is 138 cm³/mol. The average molecular weight is 567 g/mol. The van der Waals surface area contributed by atoms with E-state index in [0.29, 0.717) is 37.7 Å². The van der Waals surface area contributed by atoms with Crippen molar-refractivity contribution in [2.75, 3.05) is 32.7 Å². The zero-order valence-electron chi connectivity index (χ0n) is 19.0. The first-order chi connectivity index (χ1) is 15.5. The Kier molecular flexibility index (Phi) is 10.6. The first-order valence-corrected chi connectivity index (χ1v) is 10.9. The summed E-state index contributed by atoms with van der Waals surface area (Å²) in [7, 11) is 0. The van der Waals surface area contributed by atoms with Crippen LogP contribution in [0.25, 0.3) is 0 Å². The van der Waals surface area contributed by atoms with E-state index in [9.17, 15) is 14.0 Å². The lowest BCUT2D eigenvalue weighted by atomic mass is 10.1. The van der Waals surface area contributed by atoms with Gasteiger partial charge in [0.15, 0.2) is 5.96 Å². The first-order valence-electron chi connectivity index (χ1n) is 10.9. The Morgan fingerprint density at radius 1 is 1.18 bits per heavy atom. The van der Waals surface area contributed by atoms with Gasteiger partial charge in [-0.25, -0.2) is 9.38 Å². The predicted octanol–water partition coefficient (Wildman–Crippen LogP) is 2.62. The minimum atomic E-state index is -0.219. The molecule has 33 heavy (non-hydrogen) atoms. The molecule has 1 aliphatic rings. The Bertz CT molecular complexity index is 981. The highest BCUT2D eigenvalue weighted by molar-refractivity contribution is 14.0. The average Bonchev–Trinajstić information content (AvgIpc) is 2.79. The maximum atomic E-state index is 13.3. The van der Waals surface area contributed by atoms with Gasteiger partial charge in [-0.15, -0.1) is 24.0 Å². The molecule has 9 heteroatoms. The number of aliphatic imine (C=N–C) groups is 1. The zero-order valence-corrected chi connectivity index (χ0v) is 21.3. The smallest absolute Gasteiger partial charge is 0.254 e. The fraction of sp³-hybridized carbons (Fsp3) is 0.375. The number of aryl methyl sites for hydroxylation is 1. The zero-order chi connectivity index (χ0) is 22.9. The number of carbonyl (C=O) groups is 2. The van der Waals surface area contributed by atoms with Gasteiger partial charge in [-0.1, -0.05) is 18.2 Å². The molecule has 1 heterocycles. The van der Waals surface area contributed by atoms with Crippen molar-refractivity contribution >= 4 is 41.8 Å². The Morgan fingerprint density at radius 2 is 1.94 bits per heavy atom. The van der Waals surface area contributed by atoms with Crippen LogP contribution in [-0.4, -0.2) is 55.4 Å². The molecule has 0 radical (unpaired) electrons. The minimum Gasteiger partial charge on any atom is -0.357 e. The lowest BCUT2D eigenvalue weighted by Crippen LogP contribution is -2.49. The van der Waals surface area contributed by atoms with E-state index < -0.39 is 0 Å². The molecule has 2 aromatic carbocycles. The standard InChI is InChI=1S/C24H30FN5O2.HI/c1-3-26-24(28-11-10-19-8-9-21(25)14-17(19)2)29-15-18-4-6-20(7-5-18)23(32)30-13-12-27-22(31)16-30;/h4-9,14H,3,10-13,15-16H2,1-2H3,(H,27,31)(H2,26,28,29);1H. The van der Waals surface area contributed by atoms with E-state index >= 15 is 0 Å². The van der Waals surface area contributed by atoms with Crippen molar-refractivity contribution in [2.45, 2.75) is 26.8 Å². The normalized spacial score (nSPS) is 13.7. The number of nitrogens with zero attached hydrogens (tertiary/aromatic N) is 2. The number of piperazine rings is 1. The molecule has 0 bridgehead atoms. The van der Waals surface area contributed by atoms with Gasteiger partial charge in [0.2, 0.25) is 5.91 Å². The Labute approximate surface area is 211 Å². The van der Waals surface area contributed by atoms with Crippen LogP contribution in [0.1, 0.15) is 34.0 Å². The van der Waals surface area contributed by atoms with Gasteiger partial charge >= 0.3 is 0 Å². The van der Waals surface area contributed by atoms with Gasteiger partial charge < -0.3 is 20.9 Å². The molecule has 3 N–H and O–H groups in total. The van der Waals surface area contributed by atoms with Crippen LogP contribution < -0.4 is 16.0 Å². The molecule has 178 valence electrons. The van der Waals surface area contributed by atoms with E-state index in [1.165, 1.54) is 6.07 Å². The van der Waals surface area contributed by atoms with Crippen LogP contribution in [0.4, 0.5) is 4.39 Å². The summed E-state index contributed by atoms with van der Waals surface area (Å²) in [6, 6.07) is 12.2. The molecule has 1 aliphatic heterocycles. The van der Waals surface area contributed by atoms with E-state index in [-0.39, 0.29) is 48.2 Å². The van der Waals surface area contributed by atoms with Gasteiger partial charge in [-0.3, -0.25) is 9.59 Å². The first kappa shape index (κ1) is 26.6. The molecule has 2 aromatic rings. The number of nitrogens with one attached hydrogen (secondary N) is 3. The van der Waals surface area contributed by atoms with E-state index in [1.807, 2.05) is 32.0 Å². The van der Waals surface area contributed by atoms with Crippen LogP contribution in [0.5, 0.6) is 0 Å². The Morgan fingerprint density at radius 3 is 2.61 bits per heavy atom. The van der Waals surface area contributed by atoms with E-state index in [4.69, 9.17) is 0 Å². The third-order valence-corrected chi connectivity index (χ3v) is 5.28. The van der Waals surface area contributed by atoms with Gasteiger partial charge in [0.1, 0.15) is 5.82 Å². The lowest BCUT2D eigenvalue weighted by Gasteiger charge is -2.26. The molecular formula is C24H31FIN5O2. The van der Waals surface area contributed by atoms with Gasteiger partial charge in [0.25, 0.3) is 5.91 Å². The molecule has 1 saturated heterocycles. The summed E-state index contributed by atoms with van der Waals surface area (Å²) < 4.78 is 13.3. The fourth-order valence-electron chi connectivity index (χ4n) is 3.51. The fourth-order valence-corrected chi connectivity index (χ4v) is 3.51. The topological polar surface area (TPSA) is 85.8 Å². The maximum absolute atomic E-state index is 13.3. The van der Waals surface area contributed by atoms with Crippen LogP contribution >= 0.6 is 24.0 Å². The number of benzene rings is 2. The van der Waals surface area contributed by atoms with Crippen LogP contribution in [0.3, 0.4) is 0 Å². The molecular weight excluding hydrogens is 536 g/mol. The van der Waals surface area contributed by atoms with E-state index in [0.717, 1.165) is 29.7 Å². The highest BCUT2D eigenvalue weighted by Crippen LogP contribution is 2.11. The molecule has 0 spiro atoms. The molecule has 3 rings (SSSR count). The van der Waals surface area contributed by atoms with Crippen molar-refractivity contribution < 1.29 is 14.0 Å². The Hall–Kier alpha value is -2.69. The third kappa shape index (κ3) is 7.99. The summed E-state index contributed by atoms with van der Waals surface area (Å²) in [6.07, 6.45) is 0.766. The summed E-state index contributed by atoms with van der Waals surface area (Å²) in [5.74, 6) is 0.213. The molecule has 7 nitrogen and oxygen atoms in total. The van der Waals surface area contributed by atoms with Gasteiger partial charge in [-0.05, 0) is 61.2 Å². The monoisotopic (exact) mass is 567 g/mol. The van der Waals surface area contributed by atoms with E-state index in [2.05, 4.69) is 20.9 Å². The lowest BCUT2D eigenvalue weighted by molar-refractivity contribution is -0.123. The third-order valence-electron chi connectivity index (χ3n) is 5.28. The molecule has 0 atom stereocenters. The number of carbonyl (C=O) groups excluding carboxylic acids is 2. The highest BCUT2D eigenvalue weighted by Gasteiger charge is 2.22. The molecule has 0 aliphatic carbocycles. The molecule has 0 aromatic heterocycles. The van der Waals surface area contributed by atoms with Crippen molar-refractivity contribution in [1.29, 1.82) is 0 Å². The molecule has 1 fully saturated rings. The largest absolute Gasteiger partial charge is 0.357 e. The van der Waals surface area contributed by atoms with Crippen molar-refractivity contribution in [3.8, 4) is 0 Å². The number of amides is 2. The summed E-state index contributed by atoms with van der Waals surface area (Å²) in [6.45, 7) is 6.89. The quantitative estimate of drug-likeness (QED) is 0.273. The highest BCUT2D eigenvalue weighted by atomic mass is 127. The van der Waals surface area contributed by atoms with Crippen molar-refractivity contribution in [3.63, 3.8) is 0 Å². The molecule has 0 saturated carbocycles.